The minimum atomic E-state index is -1.87. The van der Waals surface area contributed by atoms with Gasteiger partial charge in [-0.05, 0) is 33.6 Å². The fourth-order valence-corrected chi connectivity index (χ4v) is 3.87. The lowest BCUT2D eigenvalue weighted by atomic mass is 9.63. The predicted octanol–water partition coefficient (Wildman–Crippen LogP) is 1.58. The van der Waals surface area contributed by atoms with Crippen LogP contribution in [0.5, 0.6) is 0 Å². The first kappa shape index (κ1) is 17.9. The number of hydrogen-bond donors (Lipinski definition) is 2. The fraction of sp³-hybridized carbons (Fsp3) is 0.812. The number of hydrogen-bond acceptors (Lipinski definition) is 5. The minimum Gasteiger partial charge on any atom is -0.385 e. The summed E-state index contributed by atoms with van der Waals surface area (Å²) in [5.41, 5.74) is -3.43. The third-order valence-corrected chi connectivity index (χ3v) is 5.51. The third kappa shape index (κ3) is 2.43. The van der Waals surface area contributed by atoms with E-state index in [2.05, 4.69) is 0 Å². The van der Waals surface area contributed by atoms with Gasteiger partial charge in [0.25, 0.3) is 0 Å². The van der Waals surface area contributed by atoms with Gasteiger partial charge in [0.05, 0.1) is 12.0 Å². The SMILES string of the molecule is CO[C@@H]1C(=O)CC[C@](O)(CCl)[C@]1(O)[C@@]1(C)O[C@@H]1CC=C(C)C. The Kier molecular flexibility index (Phi) is 4.78. The zero-order chi connectivity index (χ0) is 16.8. The van der Waals surface area contributed by atoms with E-state index < -0.39 is 22.9 Å². The van der Waals surface area contributed by atoms with Crippen molar-refractivity contribution in [1.82, 2.24) is 0 Å². The van der Waals surface area contributed by atoms with Crippen LogP contribution in [0.3, 0.4) is 0 Å². The van der Waals surface area contributed by atoms with Crippen LogP contribution >= 0.6 is 11.6 Å². The number of ether oxygens (including phenoxy) is 2. The standard InChI is InChI=1S/C16H25ClO5/c1-10(2)5-6-12-14(3,22-12)16(20)13(21-4)11(18)7-8-15(16,19)9-17/h5,12-13,19-20H,6-9H2,1-4H3/t12-,13-,14+,15+,16-/m1/s1. The van der Waals surface area contributed by atoms with Crippen molar-refractivity contribution >= 4 is 17.4 Å². The summed E-state index contributed by atoms with van der Waals surface area (Å²) in [6, 6.07) is 0. The van der Waals surface area contributed by atoms with Crippen LogP contribution in [-0.2, 0) is 14.3 Å². The van der Waals surface area contributed by atoms with Crippen LogP contribution in [0, 0.1) is 0 Å². The number of ketones is 1. The lowest BCUT2D eigenvalue weighted by Gasteiger charge is -2.51. The Balaban J connectivity index is 2.38. The van der Waals surface area contributed by atoms with Gasteiger partial charge in [-0.25, -0.2) is 0 Å². The molecule has 0 unspecified atom stereocenters. The molecule has 0 aromatic carbocycles. The highest BCUT2D eigenvalue weighted by Gasteiger charge is 2.76. The van der Waals surface area contributed by atoms with Gasteiger partial charge in [0.15, 0.2) is 11.4 Å². The van der Waals surface area contributed by atoms with Gasteiger partial charge in [0.2, 0.25) is 0 Å². The molecule has 0 spiro atoms. The smallest absolute Gasteiger partial charge is 0.164 e. The van der Waals surface area contributed by atoms with Gasteiger partial charge in [-0.3, -0.25) is 4.79 Å². The normalized spacial score (nSPS) is 44.8. The molecule has 5 atom stereocenters. The van der Waals surface area contributed by atoms with E-state index in [4.69, 9.17) is 21.1 Å². The van der Waals surface area contributed by atoms with Crippen LogP contribution in [0.15, 0.2) is 11.6 Å². The number of alkyl halides is 1. The molecule has 126 valence electrons. The quantitative estimate of drug-likeness (QED) is 0.454. The number of allylic oxidation sites excluding steroid dienone is 1. The summed E-state index contributed by atoms with van der Waals surface area (Å²) in [6.45, 7) is 5.66. The summed E-state index contributed by atoms with van der Waals surface area (Å²) in [4.78, 5) is 12.2. The van der Waals surface area contributed by atoms with Gasteiger partial charge in [-0.2, -0.15) is 0 Å². The first-order chi connectivity index (χ1) is 10.2. The zero-order valence-corrected chi connectivity index (χ0v) is 14.3. The zero-order valence-electron chi connectivity index (χ0n) is 13.6. The molecular weight excluding hydrogens is 308 g/mol. The molecule has 2 rings (SSSR count). The molecule has 2 N–H and O–H groups in total. The molecule has 0 aromatic heterocycles. The molecule has 0 radical (unpaired) electrons. The Hall–Kier alpha value is -0.460. The molecule has 6 heteroatoms. The number of halogens is 1. The van der Waals surface area contributed by atoms with Crippen LogP contribution in [0.4, 0.5) is 0 Å². The number of carbonyl (C=O) groups is 1. The Bertz CT molecular complexity index is 489. The highest BCUT2D eigenvalue weighted by atomic mass is 35.5. The van der Waals surface area contributed by atoms with Crippen molar-refractivity contribution in [2.24, 2.45) is 0 Å². The van der Waals surface area contributed by atoms with E-state index in [1.807, 2.05) is 19.9 Å². The van der Waals surface area contributed by atoms with Crippen LogP contribution in [0.2, 0.25) is 0 Å². The Morgan fingerprint density at radius 3 is 2.64 bits per heavy atom. The maximum absolute atomic E-state index is 12.2. The molecule has 0 amide bonds. The molecule has 1 saturated heterocycles. The number of epoxide rings is 1. The van der Waals surface area contributed by atoms with E-state index >= 15 is 0 Å². The summed E-state index contributed by atoms with van der Waals surface area (Å²) in [5, 5.41) is 22.2. The predicted molar refractivity (Wildman–Crippen MR) is 83.0 cm³/mol. The average molecular weight is 333 g/mol. The van der Waals surface area contributed by atoms with Crippen molar-refractivity contribution in [2.75, 3.05) is 13.0 Å². The summed E-state index contributed by atoms with van der Waals surface area (Å²) >= 11 is 5.94. The molecule has 2 aliphatic rings. The minimum absolute atomic E-state index is 0.0972. The van der Waals surface area contributed by atoms with Gasteiger partial charge >= 0.3 is 0 Å². The van der Waals surface area contributed by atoms with Gasteiger partial charge in [-0.15, -0.1) is 11.6 Å². The number of Topliss-reactive ketones (excluding diaryl/α,β-unsaturated/α-hetero) is 1. The third-order valence-electron chi connectivity index (χ3n) is 5.06. The molecule has 0 bridgehead atoms. The molecule has 1 aliphatic heterocycles. The first-order valence-corrected chi connectivity index (χ1v) is 8.07. The maximum atomic E-state index is 12.2. The average Bonchev–Trinajstić information content (AvgIpc) is 3.14. The molecule has 0 aromatic rings. The molecule has 2 fully saturated rings. The lowest BCUT2D eigenvalue weighted by Crippen LogP contribution is -2.74. The number of carbonyl (C=O) groups excluding carboxylic acids is 1. The second kappa shape index (κ2) is 5.87. The van der Waals surface area contributed by atoms with Gasteiger partial charge in [-0.1, -0.05) is 11.6 Å². The second-order valence-corrected chi connectivity index (χ2v) is 7.01. The summed E-state index contributed by atoms with van der Waals surface area (Å²) in [6.07, 6.45) is 1.39. The van der Waals surface area contributed by atoms with E-state index in [0.29, 0.717) is 6.42 Å². The molecule has 1 saturated carbocycles. The van der Waals surface area contributed by atoms with Crippen molar-refractivity contribution in [3.63, 3.8) is 0 Å². The lowest BCUT2D eigenvalue weighted by molar-refractivity contribution is -0.240. The second-order valence-electron chi connectivity index (χ2n) is 6.74. The van der Waals surface area contributed by atoms with Crippen molar-refractivity contribution in [1.29, 1.82) is 0 Å². The van der Waals surface area contributed by atoms with Crippen LogP contribution in [-0.4, -0.2) is 58.0 Å². The molecule has 5 nitrogen and oxygen atoms in total. The maximum Gasteiger partial charge on any atom is 0.164 e. The van der Waals surface area contributed by atoms with Crippen LogP contribution in [0.1, 0.15) is 40.0 Å². The van der Waals surface area contributed by atoms with Crippen LogP contribution < -0.4 is 0 Å². The van der Waals surface area contributed by atoms with Crippen molar-refractivity contribution in [3.8, 4) is 0 Å². The van der Waals surface area contributed by atoms with E-state index in [0.717, 1.165) is 5.57 Å². The van der Waals surface area contributed by atoms with Crippen LogP contribution in [0.25, 0.3) is 0 Å². The highest BCUT2D eigenvalue weighted by Crippen LogP contribution is 2.56. The number of rotatable bonds is 5. The van der Waals surface area contributed by atoms with E-state index in [1.165, 1.54) is 7.11 Å². The highest BCUT2D eigenvalue weighted by molar-refractivity contribution is 6.18. The monoisotopic (exact) mass is 332 g/mol. The van der Waals surface area contributed by atoms with Gasteiger partial charge < -0.3 is 19.7 Å². The Labute approximate surface area is 136 Å². The number of methoxy groups -OCH3 is 1. The first-order valence-electron chi connectivity index (χ1n) is 7.53. The molecular formula is C16H25ClO5. The molecule has 1 aliphatic carbocycles. The molecule has 22 heavy (non-hydrogen) atoms. The number of aliphatic hydroxyl groups is 2. The Morgan fingerprint density at radius 1 is 1.50 bits per heavy atom. The van der Waals surface area contributed by atoms with E-state index in [-0.39, 0.29) is 30.6 Å². The molecule has 1 heterocycles. The van der Waals surface area contributed by atoms with Gasteiger partial charge in [0.1, 0.15) is 17.3 Å². The van der Waals surface area contributed by atoms with Crippen molar-refractivity contribution < 1.29 is 24.5 Å². The summed E-state index contributed by atoms with van der Waals surface area (Å²) in [5.74, 6) is -0.428. The summed E-state index contributed by atoms with van der Waals surface area (Å²) in [7, 11) is 1.35. The Morgan fingerprint density at radius 2 is 2.14 bits per heavy atom. The van der Waals surface area contributed by atoms with Gasteiger partial charge in [0, 0.05) is 13.5 Å². The van der Waals surface area contributed by atoms with E-state index in [1.54, 1.807) is 6.92 Å². The van der Waals surface area contributed by atoms with Crippen molar-refractivity contribution in [2.45, 2.75) is 69.0 Å². The van der Waals surface area contributed by atoms with Crippen molar-refractivity contribution in [3.05, 3.63) is 11.6 Å². The topological polar surface area (TPSA) is 79.3 Å². The largest absolute Gasteiger partial charge is 0.385 e. The van der Waals surface area contributed by atoms with E-state index in [9.17, 15) is 15.0 Å². The fourth-order valence-electron chi connectivity index (χ4n) is 3.53. The summed E-state index contributed by atoms with van der Waals surface area (Å²) < 4.78 is 11.0.